The number of benzene rings is 2. The first-order valence-corrected chi connectivity index (χ1v) is 13.5. The highest BCUT2D eigenvalue weighted by Crippen LogP contribution is 2.25. The molecule has 0 N–H and O–H groups in total. The minimum atomic E-state index is -3.79. The molecule has 0 bridgehead atoms. The van der Waals surface area contributed by atoms with Crippen molar-refractivity contribution in [3.8, 4) is 0 Å². The summed E-state index contributed by atoms with van der Waals surface area (Å²) in [6.45, 7) is 8.77. The molecule has 2 aliphatic rings. The molecule has 2 heterocycles. The number of hydrogen-bond acceptors (Lipinski definition) is 5. The van der Waals surface area contributed by atoms with Gasteiger partial charge < -0.3 is 9.64 Å². The predicted molar refractivity (Wildman–Crippen MR) is 134 cm³/mol. The van der Waals surface area contributed by atoms with E-state index in [1.54, 1.807) is 36.4 Å². The second-order valence-corrected chi connectivity index (χ2v) is 11.2. The molecular formula is C26H35N3O4S. The van der Waals surface area contributed by atoms with Crippen molar-refractivity contribution in [2.45, 2.75) is 44.1 Å². The van der Waals surface area contributed by atoms with Gasteiger partial charge in [-0.1, -0.05) is 35.4 Å². The molecule has 0 spiro atoms. The molecule has 4 rings (SSSR count). The summed E-state index contributed by atoms with van der Waals surface area (Å²) < 4.78 is 34.1. The second-order valence-electron chi connectivity index (χ2n) is 9.29. The Morgan fingerprint density at radius 1 is 0.971 bits per heavy atom. The molecule has 0 radical (unpaired) electrons. The van der Waals surface area contributed by atoms with Crippen LogP contribution in [0.1, 0.15) is 30.4 Å². The number of piperazine rings is 1. The summed E-state index contributed by atoms with van der Waals surface area (Å²) in [6, 6.07) is 14.2. The van der Waals surface area contributed by atoms with Gasteiger partial charge in [-0.2, -0.15) is 0 Å². The molecule has 0 aromatic heterocycles. The normalized spacial score (nSPS) is 19.4. The van der Waals surface area contributed by atoms with E-state index in [4.69, 9.17) is 4.74 Å². The lowest BCUT2D eigenvalue weighted by molar-refractivity contribution is -0.132. The van der Waals surface area contributed by atoms with E-state index in [0.717, 1.165) is 50.2 Å². The van der Waals surface area contributed by atoms with Crippen LogP contribution in [0.3, 0.4) is 0 Å². The third-order valence-corrected chi connectivity index (χ3v) is 8.51. The average Bonchev–Trinajstić information content (AvgIpc) is 3.34. The average molecular weight is 486 g/mol. The number of rotatable bonds is 8. The Labute approximate surface area is 203 Å². The summed E-state index contributed by atoms with van der Waals surface area (Å²) in [7, 11) is -3.79. The van der Waals surface area contributed by atoms with Gasteiger partial charge in [-0.15, -0.1) is 0 Å². The minimum Gasteiger partial charge on any atom is -0.377 e. The van der Waals surface area contributed by atoms with Crippen molar-refractivity contribution in [3.05, 3.63) is 59.7 Å². The lowest BCUT2D eigenvalue weighted by Crippen LogP contribution is -2.50. The van der Waals surface area contributed by atoms with E-state index in [1.165, 1.54) is 4.31 Å². The zero-order valence-corrected chi connectivity index (χ0v) is 21.0. The number of carbonyl (C=O) groups excluding carboxylic acids is 1. The fourth-order valence-electron chi connectivity index (χ4n) is 4.55. The van der Waals surface area contributed by atoms with Crippen molar-refractivity contribution < 1.29 is 17.9 Å². The maximum Gasteiger partial charge on any atom is 0.264 e. The zero-order chi connectivity index (χ0) is 24.1. The van der Waals surface area contributed by atoms with Gasteiger partial charge in [-0.05, 0) is 51.0 Å². The summed E-state index contributed by atoms with van der Waals surface area (Å²) >= 11 is 0. The van der Waals surface area contributed by atoms with E-state index >= 15 is 0 Å². The molecule has 34 heavy (non-hydrogen) atoms. The van der Waals surface area contributed by atoms with Crippen molar-refractivity contribution in [2.75, 3.05) is 50.2 Å². The van der Waals surface area contributed by atoms with E-state index in [2.05, 4.69) is 4.90 Å². The van der Waals surface area contributed by atoms with Gasteiger partial charge >= 0.3 is 0 Å². The monoisotopic (exact) mass is 485 g/mol. The van der Waals surface area contributed by atoms with Crippen LogP contribution in [0.4, 0.5) is 5.69 Å². The Hall–Kier alpha value is -2.42. The van der Waals surface area contributed by atoms with Crippen molar-refractivity contribution in [3.63, 3.8) is 0 Å². The van der Waals surface area contributed by atoms with Gasteiger partial charge in [-0.25, -0.2) is 8.42 Å². The van der Waals surface area contributed by atoms with Crippen LogP contribution in [0, 0.1) is 13.8 Å². The Balaban J connectivity index is 1.41. The molecule has 2 saturated heterocycles. The highest BCUT2D eigenvalue weighted by atomic mass is 32.2. The van der Waals surface area contributed by atoms with Gasteiger partial charge in [0.1, 0.15) is 0 Å². The van der Waals surface area contributed by atoms with Gasteiger partial charge in [0.05, 0.1) is 16.7 Å². The lowest BCUT2D eigenvalue weighted by Gasteiger charge is -2.36. The fraction of sp³-hybridized carbons (Fsp3) is 0.500. The second kappa shape index (κ2) is 10.9. The molecule has 8 heteroatoms. The third kappa shape index (κ3) is 5.98. The van der Waals surface area contributed by atoms with Gasteiger partial charge in [0.15, 0.2) is 0 Å². The SMILES string of the molecule is Cc1ccc(N(CCC(=O)N2CCN(CC3CCCO3)CC2)S(=O)(=O)c2ccc(C)cc2)cc1. The zero-order valence-electron chi connectivity index (χ0n) is 20.2. The van der Waals surface area contributed by atoms with Crippen LogP contribution < -0.4 is 4.31 Å². The maximum atomic E-state index is 13.5. The summed E-state index contributed by atoms with van der Waals surface area (Å²) in [5.41, 5.74) is 2.61. The number of hydrogen-bond donors (Lipinski definition) is 0. The van der Waals surface area contributed by atoms with Crippen LogP contribution >= 0.6 is 0 Å². The molecule has 1 amide bonds. The van der Waals surface area contributed by atoms with Crippen molar-refractivity contribution in [1.29, 1.82) is 0 Å². The first-order valence-electron chi connectivity index (χ1n) is 12.1. The molecule has 2 aromatic carbocycles. The van der Waals surface area contributed by atoms with Crippen LogP contribution in [-0.4, -0.2) is 76.1 Å². The largest absolute Gasteiger partial charge is 0.377 e. The van der Waals surface area contributed by atoms with E-state index in [0.29, 0.717) is 24.9 Å². The highest BCUT2D eigenvalue weighted by Gasteiger charge is 2.28. The number of carbonyl (C=O) groups is 1. The summed E-state index contributed by atoms with van der Waals surface area (Å²) in [6.07, 6.45) is 2.71. The van der Waals surface area contributed by atoms with Crippen LogP contribution in [0.25, 0.3) is 0 Å². The van der Waals surface area contributed by atoms with E-state index in [-0.39, 0.29) is 23.8 Å². The number of aryl methyl sites for hydroxylation is 2. The van der Waals surface area contributed by atoms with Crippen LogP contribution in [0.2, 0.25) is 0 Å². The Kier molecular flexibility index (Phi) is 7.91. The number of ether oxygens (including phenoxy) is 1. The molecule has 1 unspecified atom stereocenters. The molecule has 184 valence electrons. The van der Waals surface area contributed by atoms with Crippen LogP contribution in [0.5, 0.6) is 0 Å². The molecule has 7 nitrogen and oxygen atoms in total. The van der Waals surface area contributed by atoms with Gasteiger partial charge in [-0.3, -0.25) is 14.0 Å². The smallest absolute Gasteiger partial charge is 0.264 e. The molecule has 0 saturated carbocycles. The maximum absolute atomic E-state index is 13.5. The molecule has 0 aliphatic carbocycles. The minimum absolute atomic E-state index is 0.00650. The molecule has 2 aromatic rings. The fourth-order valence-corrected chi connectivity index (χ4v) is 6.01. The number of anilines is 1. The van der Waals surface area contributed by atoms with E-state index < -0.39 is 10.0 Å². The van der Waals surface area contributed by atoms with Gasteiger partial charge in [0.2, 0.25) is 5.91 Å². The Morgan fingerprint density at radius 3 is 2.18 bits per heavy atom. The van der Waals surface area contributed by atoms with Crippen molar-refractivity contribution in [1.82, 2.24) is 9.80 Å². The molecular weight excluding hydrogens is 450 g/mol. The number of sulfonamides is 1. The summed E-state index contributed by atoms with van der Waals surface area (Å²) in [5.74, 6) is -0.00650. The quantitative estimate of drug-likeness (QED) is 0.574. The predicted octanol–water partition coefficient (Wildman–Crippen LogP) is 3.21. The topological polar surface area (TPSA) is 70.2 Å². The highest BCUT2D eigenvalue weighted by molar-refractivity contribution is 7.92. The molecule has 2 fully saturated rings. The van der Waals surface area contributed by atoms with Gasteiger partial charge in [0.25, 0.3) is 10.0 Å². The molecule has 2 aliphatic heterocycles. The standard InChI is InChI=1S/C26H35N3O4S/c1-21-5-9-23(10-6-21)29(34(31,32)25-11-7-22(2)8-12-25)14-13-26(30)28-17-15-27(16-18-28)20-24-4-3-19-33-24/h5-12,24H,3-4,13-20H2,1-2H3. The van der Waals surface area contributed by atoms with E-state index in [9.17, 15) is 13.2 Å². The first-order chi connectivity index (χ1) is 16.3. The van der Waals surface area contributed by atoms with Crippen molar-refractivity contribution >= 4 is 21.6 Å². The summed E-state index contributed by atoms with van der Waals surface area (Å²) in [5, 5.41) is 0. The van der Waals surface area contributed by atoms with Crippen LogP contribution in [-0.2, 0) is 19.6 Å². The van der Waals surface area contributed by atoms with Gasteiger partial charge in [0, 0.05) is 52.3 Å². The molecule has 1 atom stereocenters. The Morgan fingerprint density at radius 2 is 1.59 bits per heavy atom. The lowest BCUT2D eigenvalue weighted by atomic mass is 10.2. The first kappa shape index (κ1) is 24.7. The van der Waals surface area contributed by atoms with E-state index in [1.807, 2.05) is 30.9 Å². The Bertz CT molecular complexity index is 1060. The third-order valence-electron chi connectivity index (χ3n) is 6.67. The number of nitrogens with zero attached hydrogens (tertiary/aromatic N) is 3. The van der Waals surface area contributed by atoms with Crippen molar-refractivity contribution in [2.24, 2.45) is 0 Å². The number of amides is 1. The van der Waals surface area contributed by atoms with Crippen LogP contribution in [0.15, 0.2) is 53.4 Å². The summed E-state index contributed by atoms with van der Waals surface area (Å²) in [4.78, 5) is 17.5.